The van der Waals surface area contributed by atoms with E-state index in [1.54, 1.807) is 29.2 Å². The van der Waals surface area contributed by atoms with Crippen molar-refractivity contribution in [3.8, 4) is 5.69 Å². The van der Waals surface area contributed by atoms with E-state index in [0.717, 1.165) is 20.4 Å². The predicted octanol–water partition coefficient (Wildman–Crippen LogP) is 1.71. The van der Waals surface area contributed by atoms with Crippen molar-refractivity contribution in [3.63, 3.8) is 0 Å². The summed E-state index contributed by atoms with van der Waals surface area (Å²) in [6.45, 7) is 4.66. The van der Waals surface area contributed by atoms with Gasteiger partial charge in [0.1, 0.15) is 0 Å². The maximum atomic E-state index is 13.4. The minimum absolute atomic E-state index is 0.00115. The number of hydrogen-bond donors (Lipinski definition) is 0. The van der Waals surface area contributed by atoms with Gasteiger partial charge >= 0.3 is 5.69 Å². The van der Waals surface area contributed by atoms with E-state index in [-0.39, 0.29) is 31.2 Å². The van der Waals surface area contributed by atoms with Gasteiger partial charge in [-0.15, -0.1) is 0 Å². The number of carbonyl (C=O) groups excluding carboxylic acids is 2. The average Bonchev–Trinajstić information content (AvgIpc) is 2.83. The summed E-state index contributed by atoms with van der Waals surface area (Å²) in [5.74, 6) is -0.642. The highest BCUT2D eigenvalue weighted by Gasteiger charge is 2.28. The second-order valence-electron chi connectivity index (χ2n) is 8.14. The number of halogens is 1. The average molecular weight is 482 g/mol. The van der Waals surface area contributed by atoms with Crippen LogP contribution in [-0.2, 0) is 11.3 Å². The number of benzene rings is 2. The Hall–Kier alpha value is -3.72. The number of piperazine rings is 1. The van der Waals surface area contributed by atoms with Crippen LogP contribution in [0.5, 0.6) is 0 Å². The molecular weight excluding hydrogens is 458 g/mol. The molecule has 1 fully saturated rings. The van der Waals surface area contributed by atoms with Gasteiger partial charge in [0.25, 0.3) is 11.5 Å². The molecule has 34 heavy (non-hydrogen) atoms. The lowest BCUT2D eigenvalue weighted by atomic mass is 10.1. The number of aryl methyl sites for hydroxylation is 1. The zero-order chi connectivity index (χ0) is 24.4. The van der Waals surface area contributed by atoms with Crippen LogP contribution in [0.25, 0.3) is 5.69 Å². The third kappa shape index (κ3) is 4.65. The van der Waals surface area contributed by atoms with Crippen LogP contribution >= 0.6 is 11.6 Å². The Kier molecular flexibility index (Phi) is 6.65. The third-order valence-corrected chi connectivity index (χ3v) is 6.19. The molecule has 1 aromatic heterocycles. The van der Waals surface area contributed by atoms with E-state index in [0.29, 0.717) is 23.8 Å². The molecular formula is C24H24ClN5O4. The first-order chi connectivity index (χ1) is 16.3. The van der Waals surface area contributed by atoms with Gasteiger partial charge in [0, 0.05) is 38.1 Å². The maximum Gasteiger partial charge on any atom is 0.352 e. The number of hydrogen-bond acceptors (Lipinski definition) is 5. The van der Waals surface area contributed by atoms with Crippen molar-refractivity contribution in [2.45, 2.75) is 20.4 Å². The molecule has 176 valence electrons. The number of amides is 2. The van der Waals surface area contributed by atoms with Crippen LogP contribution in [0.2, 0.25) is 5.02 Å². The van der Waals surface area contributed by atoms with E-state index in [2.05, 4.69) is 5.10 Å². The second kappa shape index (κ2) is 9.64. The third-order valence-electron chi connectivity index (χ3n) is 5.94. The summed E-state index contributed by atoms with van der Waals surface area (Å²) in [6.07, 6.45) is 0. The summed E-state index contributed by atoms with van der Waals surface area (Å²) in [7, 11) is 0. The van der Waals surface area contributed by atoms with Crippen LogP contribution in [0.15, 0.2) is 58.1 Å². The topological polar surface area (TPSA) is 97.5 Å². The van der Waals surface area contributed by atoms with Gasteiger partial charge in [0.15, 0.2) is 0 Å². The van der Waals surface area contributed by atoms with Crippen molar-refractivity contribution in [2.24, 2.45) is 0 Å². The van der Waals surface area contributed by atoms with Crippen LogP contribution in [0.3, 0.4) is 0 Å². The van der Waals surface area contributed by atoms with E-state index in [4.69, 9.17) is 11.6 Å². The van der Waals surface area contributed by atoms with Gasteiger partial charge in [-0.3, -0.25) is 19.0 Å². The Morgan fingerprint density at radius 2 is 1.56 bits per heavy atom. The van der Waals surface area contributed by atoms with Gasteiger partial charge in [0.2, 0.25) is 11.6 Å². The molecule has 4 rings (SSSR count). The predicted molar refractivity (Wildman–Crippen MR) is 128 cm³/mol. The lowest BCUT2D eigenvalue weighted by molar-refractivity contribution is -0.130. The molecule has 0 saturated carbocycles. The zero-order valence-corrected chi connectivity index (χ0v) is 19.7. The minimum atomic E-state index is -0.752. The molecule has 0 N–H and O–H groups in total. The Bertz CT molecular complexity index is 1360. The Labute approximate surface area is 200 Å². The van der Waals surface area contributed by atoms with Gasteiger partial charge in [-0.25, -0.2) is 4.79 Å². The Balaban J connectivity index is 1.80. The molecule has 2 amide bonds. The lowest BCUT2D eigenvalue weighted by Crippen LogP contribution is -2.52. The van der Waals surface area contributed by atoms with Crippen LogP contribution in [-0.4, -0.2) is 62.1 Å². The zero-order valence-electron chi connectivity index (χ0n) is 18.9. The Morgan fingerprint density at radius 3 is 2.18 bits per heavy atom. The molecule has 0 atom stereocenters. The largest absolute Gasteiger partial charge is 0.352 e. The summed E-state index contributed by atoms with van der Waals surface area (Å²) in [6, 6.07) is 13.8. The van der Waals surface area contributed by atoms with Crippen molar-refractivity contribution in [1.82, 2.24) is 24.1 Å². The number of nitrogens with zero attached hydrogens (tertiary/aromatic N) is 5. The molecule has 0 spiro atoms. The van der Waals surface area contributed by atoms with Gasteiger partial charge in [-0.05, 0) is 42.3 Å². The second-order valence-corrected chi connectivity index (χ2v) is 8.57. The molecule has 9 nitrogen and oxygen atoms in total. The summed E-state index contributed by atoms with van der Waals surface area (Å²) in [5, 5.41) is 4.66. The summed E-state index contributed by atoms with van der Waals surface area (Å²) in [4.78, 5) is 54.7. The van der Waals surface area contributed by atoms with E-state index < -0.39 is 17.2 Å². The molecule has 1 aliphatic heterocycles. The number of aromatic nitrogens is 3. The van der Waals surface area contributed by atoms with Gasteiger partial charge in [-0.2, -0.15) is 9.78 Å². The van der Waals surface area contributed by atoms with E-state index >= 15 is 0 Å². The van der Waals surface area contributed by atoms with Crippen molar-refractivity contribution in [1.29, 1.82) is 0 Å². The van der Waals surface area contributed by atoms with Crippen molar-refractivity contribution < 1.29 is 9.59 Å². The quantitative estimate of drug-likeness (QED) is 0.565. The maximum absolute atomic E-state index is 13.4. The number of carbonyl (C=O) groups is 2. The molecule has 0 radical (unpaired) electrons. The highest BCUT2D eigenvalue weighted by atomic mass is 35.5. The molecule has 2 heterocycles. The molecule has 0 unspecified atom stereocenters. The van der Waals surface area contributed by atoms with Crippen molar-refractivity contribution >= 4 is 23.4 Å². The van der Waals surface area contributed by atoms with E-state index in [1.165, 1.54) is 11.8 Å². The Morgan fingerprint density at radius 1 is 0.941 bits per heavy atom. The fourth-order valence-corrected chi connectivity index (χ4v) is 4.00. The number of rotatable bonds is 4. The standard InChI is InChI=1S/C24H24ClN5O4/c1-16-5-3-4-6-18(16)15-29-23(33)21(22(32)28-13-11-27(12-14-28)17(2)31)26-30(24(29)34)20-9-7-19(25)8-10-20/h3-10H,11-15H2,1-2H3. The highest BCUT2D eigenvalue weighted by Crippen LogP contribution is 2.13. The molecule has 2 aromatic carbocycles. The monoisotopic (exact) mass is 481 g/mol. The molecule has 0 bridgehead atoms. The SMILES string of the molecule is CC(=O)N1CCN(C(=O)c2nn(-c3ccc(Cl)cc3)c(=O)n(Cc3ccccc3C)c2=O)CC1. The summed E-state index contributed by atoms with van der Waals surface area (Å²) < 4.78 is 2.08. The fourth-order valence-electron chi connectivity index (χ4n) is 3.87. The van der Waals surface area contributed by atoms with Gasteiger partial charge < -0.3 is 9.80 Å². The first-order valence-electron chi connectivity index (χ1n) is 10.9. The molecule has 0 aliphatic carbocycles. The molecule has 1 saturated heterocycles. The normalized spacial score (nSPS) is 13.7. The first kappa shape index (κ1) is 23.4. The fraction of sp³-hybridized carbons (Fsp3) is 0.292. The van der Waals surface area contributed by atoms with Crippen LogP contribution in [0.1, 0.15) is 28.5 Å². The van der Waals surface area contributed by atoms with Gasteiger partial charge in [0.05, 0.1) is 12.2 Å². The molecule has 10 heteroatoms. The highest BCUT2D eigenvalue weighted by molar-refractivity contribution is 6.30. The minimum Gasteiger partial charge on any atom is -0.339 e. The summed E-state index contributed by atoms with van der Waals surface area (Å²) in [5.41, 5.74) is 0.315. The van der Waals surface area contributed by atoms with Crippen LogP contribution in [0, 0.1) is 6.92 Å². The van der Waals surface area contributed by atoms with E-state index in [9.17, 15) is 19.2 Å². The van der Waals surface area contributed by atoms with Crippen molar-refractivity contribution in [3.05, 3.63) is 91.2 Å². The summed E-state index contributed by atoms with van der Waals surface area (Å²) >= 11 is 5.99. The van der Waals surface area contributed by atoms with Crippen molar-refractivity contribution in [2.75, 3.05) is 26.2 Å². The first-order valence-corrected chi connectivity index (χ1v) is 11.2. The smallest absolute Gasteiger partial charge is 0.339 e. The van der Waals surface area contributed by atoms with Crippen LogP contribution < -0.4 is 11.2 Å². The molecule has 1 aliphatic rings. The van der Waals surface area contributed by atoms with E-state index in [1.807, 2.05) is 31.2 Å². The lowest BCUT2D eigenvalue weighted by Gasteiger charge is -2.33. The van der Waals surface area contributed by atoms with Gasteiger partial charge in [-0.1, -0.05) is 35.9 Å². The molecule has 3 aromatic rings. The van der Waals surface area contributed by atoms with Crippen LogP contribution in [0.4, 0.5) is 0 Å².